The molecule has 0 heterocycles. The highest BCUT2D eigenvalue weighted by atomic mass is 32.2. The van der Waals surface area contributed by atoms with Crippen LogP contribution in [0.4, 0.5) is 22.0 Å². The van der Waals surface area contributed by atoms with E-state index < -0.39 is 39.2 Å². The molecule has 0 saturated carbocycles. The summed E-state index contributed by atoms with van der Waals surface area (Å²) in [5.41, 5.74) is 0.180. The molecule has 0 unspecified atom stereocenters. The highest BCUT2D eigenvalue weighted by Gasteiger charge is 2.47. The summed E-state index contributed by atoms with van der Waals surface area (Å²) in [4.78, 5) is 0. The second-order valence-electron chi connectivity index (χ2n) is 5.18. The summed E-state index contributed by atoms with van der Waals surface area (Å²) in [5, 5.41) is 0. The Kier molecular flexibility index (Phi) is 5.45. The third kappa shape index (κ3) is 4.53. The van der Waals surface area contributed by atoms with Crippen LogP contribution in [0.2, 0.25) is 0 Å². The third-order valence-electron chi connectivity index (χ3n) is 3.39. The molecule has 136 valence electrons. The SMILES string of the molecule is N[C@@H](c1cccc(F)c1)[C@@H](NS(=O)(=O)C(F)(F)F)c1cccc(F)c1. The Balaban J connectivity index is 2.49. The van der Waals surface area contributed by atoms with Gasteiger partial charge in [0.05, 0.1) is 12.1 Å². The predicted octanol–water partition coefficient (Wildman–Crippen LogP) is 3.15. The molecule has 4 nitrogen and oxygen atoms in total. The minimum atomic E-state index is -5.77. The fourth-order valence-electron chi connectivity index (χ4n) is 2.19. The van der Waals surface area contributed by atoms with E-state index >= 15 is 0 Å². The third-order valence-corrected chi connectivity index (χ3v) is 4.56. The summed E-state index contributed by atoms with van der Waals surface area (Å²) < 4.78 is 89.2. The van der Waals surface area contributed by atoms with E-state index in [1.54, 1.807) is 0 Å². The number of hydrogen-bond acceptors (Lipinski definition) is 3. The Morgan fingerprint density at radius 2 is 1.40 bits per heavy atom. The van der Waals surface area contributed by atoms with Gasteiger partial charge >= 0.3 is 15.5 Å². The van der Waals surface area contributed by atoms with E-state index in [1.807, 2.05) is 0 Å². The first-order valence-corrected chi connectivity index (χ1v) is 8.35. The minimum absolute atomic E-state index is 0.0409. The average Bonchev–Trinajstić information content (AvgIpc) is 2.51. The van der Waals surface area contributed by atoms with Gasteiger partial charge in [-0.15, -0.1) is 0 Å². The van der Waals surface area contributed by atoms with Crippen molar-refractivity contribution in [2.45, 2.75) is 17.6 Å². The molecule has 2 atom stereocenters. The van der Waals surface area contributed by atoms with Crippen molar-refractivity contribution >= 4 is 10.0 Å². The van der Waals surface area contributed by atoms with Gasteiger partial charge in [0.25, 0.3) is 0 Å². The van der Waals surface area contributed by atoms with Gasteiger partial charge in [-0.25, -0.2) is 17.2 Å². The van der Waals surface area contributed by atoms with Crippen molar-refractivity contribution in [3.8, 4) is 0 Å². The number of nitrogens with one attached hydrogen (secondary N) is 1. The average molecular weight is 380 g/mol. The zero-order chi connectivity index (χ0) is 18.8. The van der Waals surface area contributed by atoms with Gasteiger partial charge in [0.15, 0.2) is 0 Å². The molecule has 2 aromatic carbocycles. The van der Waals surface area contributed by atoms with Crippen LogP contribution in [0.1, 0.15) is 23.2 Å². The van der Waals surface area contributed by atoms with Crippen LogP contribution in [0.15, 0.2) is 48.5 Å². The van der Waals surface area contributed by atoms with Gasteiger partial charge in [0.2, 0.25) is 0 Å². The smallest absolute Gasteiger partial charge is 0.322 e. The lowest BCUT2D eigenvalue weighted by Crippen LogP contribution is -2.42. The molecule has 0 spiro atoms. The largest absolute Gasteiger partial charge is 0.511 e. The topological polar surface area (TPSA) is 72.2 Å². The molecule has 3 N–H and O–H groups in total. The van der Waals surface area contributed by atoms with Crippen LogP contribution in [0.3, 0.4) is 0 Å². The highest BCUT2D eigenvalue weighted by molar-refractivity contribution is 7.90. The number of rotatable bonds is 5. The molecule has 2 rings (SSSR count). The summed E-state index contributed by atoms with van der Waals surface area (Å²) >= 11 is 0. The summed E-state index contributed by atoms with van der Waals surface area (Å²) in [6.45, 7) is 0. The van der Waals surface area contributed by atoms with Crippen LogP contribution >= 0.6 is 0 Å². The molecular weight excluding hydrogens is 367 g/mol. The monoisotopic (exact) mass is 380 g/mol. The van der Waals surface area contributed by atoms with Crippen molar-refractivity contribution in [1.82, 2.24) is 4.72 Å². The molecule has 0 aromatic heterocycles. The quantitative estimate of drug-likeness (QED) is 0.783. The highest BCUT2D eigenvalue weighted by Crippen LogP contribution is 2.31. The molecule has 0 aliphatic heterocycles. The predicted molar refractivity (Wildman–Crippen MR) is 80.6 cm³/mol. The van der Waals surface area contributed by atoms with Gasteiger partial charge in [0, 0.05) is 0 Å². The standard InChI is InChI=1S/C15H13F5N2O2S/c16-11-5-1-3-9(7-11)13(21)14(10-4-2-6-12(17)8-10)22-25(23,24)15(18,19)20/h1-8,13-14,22H,21H2/t13-,14-/m0/s1. The number of alkyl halides is 3. The summed E-state index contributed by atoms with van der Waals surface area (Å²) in [7, 11) is -5.77. The molecule has 0 fully saturated rings. The van der Waals surface area contributed by atoms with E-state index in [9.17, 15) is 30.4 Å². The maximum absolute atomic E-state index is 13.4. The number of sulfonamides is 1. The lowest BCUT2D eigenvalue weighted by molar-refractivity contribution is -0.0451. The van der Waals surface area contributed by atoms with E-state index in [0.29, 0.717) is 0 Å². The molecular formula is C15H13F5N2O2S. The maximum Gasteiger partial charge on any atom is 0.511 e. The van der Waals surface area contributed by atoms with Gasteiger partial charge in [-0.2, -0.15) is 17.9 Å². The first-order valence-electron chi connectivity index (χ1n) is 6.86. The zero-order valence-electron chi connectivity index (χ0n) is 12.5. The van der Waals surface area contributed by atoms with E-state index in [-0.39, 0.29) is 11.1 Å². The van der Waals surface area contributed by atoms with Crippen LogP contribution in [0.25, 0.3) is 0 Å². The number of halogens is 5. The van der Waals surface area contributed by atoms with Gasteiger partial charge in [-0.05, 0) is 35.4 Å². The van der Waals surface area contributed by atoms with E-state index in [1.165, 1.54) is 29.0 Å². The molecule has 0 amide bonds. The van der Waals surface area contributed by atoms with Crippen molar-refractivity contribution in [1.29, 1.82) is 0 Å². The minimum Gasteiger partial charge on any atom is -0.322 e. The second-order valence-corrected chi connectivity index (χ2v) is 6.89. The lowest BCUT2D eigenvalue weighted by atomic mass is 9.95. The van der Waals surface area contributed by atoms with Crippen molar-refractivity contribution in [2.24, 2.45) is 5.73 Å². The van der Waals surface area contributed by atoms with E-state index in [4.69, 9.17) is 5.73 Å². The molecule has 25 heavy (non-hydrogen) atoms. The van der Waals surface area contributed by atoms with Gasteiger partial charge in [-0.1, -0.05) is 24.3 Å². The van der Waals surface area contributed by atoms with Crippen molar-refractivity contribution in [3.05, 3.63) is 71.3 Å². The summed E-state index contributed by atoms with van der Waals surface area (Å²) in [6.07, 6.45) is 0. The number of hydrogen-bond donors (Lipinski definition) is 2. The number of nitrogens with two attached hydrogens (primary N) is 1. The molecule has 0 aliphatic rings. The van der Waals surface area contributed by atoms with Crippen molar-refractivity contribution in [3.63, 3.8) is 0 Å². The lowest BCUT2D eigenvalue weighted by Gasteiger charge is -2.26. The van der Waals surface area contributed by atoms with Gasteiger partial charge in [-0.3, -0.25) is 0 Å². The van der Waals surface area contributed by atoms with Crippen molar-refractivity contribution in [2.75, 3.05) is 0 Å². The van der Waals surface area contributed by atoms with Crippen LogP contribution in [-0.4, -0.2) is 13.9 Å². The van der Waals surface area contributed by atoms with Crippen LogP contribution in [-0.2, 0) is 10.0 Å². The Labute approximate surface area is 140 Å². The Hall–Kier alpha value is -2.04. The van der Waals surface area contributed by atoms with Gasteiger partial charge in [0.1, 0.15) is 11.6 Å². The Bertz CT molecular complexity index is 855. The molecule has 0 saturated heterocycles. The van der Waals surface area contributed by atoms with E-state index in [0.717, 1.165) is 24.3 Å². The first kappa shape index (κ1) is 19.3. The normalized spacial score (nSPS) is 15.0. The molecule has 10 heteroatoms. The molecule has 2 aromatic rings. The second kappa shape index (κ2) is 7.06. The molecule has 0 aliphatic carbocycles. The Morgan fingerprint density at radius 3 is 1.88 bits per heavy atom. The summed E-state index contributed by atoms with van der Waals surface area (Å²) in [5.74, 6) is -1.50. The first-order chi connectivity index (χ1) is 11.5. The fraction of sp³-hybridized carbons (Fsp3) is 0.200. The van der Waals surface area contributed by atoms with Crippen LogP contribution in [0.5, 0.6) is 0 Å². The fourth-order valence-corrected chi connectivity index (χ4v) is 2.94. The maximum atomic E-state index is 13.4. The van der Waals surface area contributed by atoms with Crippen LogP contribution in [0, 0.1) is 11.6 Å². The molecule has 0 radical (unpaired) electrons. The number of benzene rings is 2. The van der Waals surface area contributed by atoms with Crippen molar-refractivity contribution < 1.29 is 30.4 Å². The summed E-state index contributed by atoms with van der Waals surface area (Å²) in [6, 6.07) is 5.87. The Morgan fingerprint density at radius 1 is 0.920 bits per heavy atom. The zero-order valence-corrected chi connectivity index (χ0v) is 13.3. The van der Waals surface area contributed by atoms with E-state index in [2.05, 4.69) is 0 Å². The van der Waals surface area contributed by atoms with Crippen LogP contribution < -0.4 is 10.5 Å². The molecule has 0 bridgehead atoms. The van der Waals surface area contributed by atoms with Gasteiger partial charge < -0.3 is 5.73 Å².